The van der Waals surface area contributed by atoms with E-state index in [0.717, 1.165) is 0 Å². The molecule has 0 aliphatic heterocycles. The van der Waals surface area contributed by atoms with Crippen molar-refractivity contribution in [1.29, 1.82) is 0 Å². The fraction of sp³-hybridized carbons (Fsp3) is 0.600. The van der Waals surface area contributed by atoms with Crippen molar-refractivity contribution in [2.45, 2.75) is 53.4 Å². The summed E-state index contributed by atoms with van der Waals surface area (Å²) in [5.41, 5.74) is -0.289. The van der Waals surface area contributed by atoms with Gasteiger partial charge in [-0.25, -0.2) is 4.79 Å². The van der Waals surface area contributed by atoms with E-state index in [1.165, 1.54) is 31.4 Å². The zero-order valence-corrected chi connectivity index (χ0v) is 15.5. The van der Waals surface area contributed by atoms with Crippen molar-refractivity contribution in [3.05, 3.63) is 29.8 Å². The van der Waals surface area contributed by atoms with Crippen LogP contribution in [0.2, 0.25) is 0 Å². The molecular weight excluding hydrogens is 318 g/mol. The maximum absolute atomic E-state index is 12.3. The number of amides is 1. The van der Waals surface area contributed by atoms with E-state index in [1.807, 2.05) is 0 Å². The number of ether oxygens (including phenoxy) is 2. The average molecular weight is 355 g/mol. The summed E-state index contributed by atoms with van der Waals surface area (Å²) in [5.74, 6) is -2.17. The number of benzene rings is 1. The first-order valence-electron chi connectivity index (χ1n) is 10.8. The predicted molar refractivity (Wildman–Crippen MR) is 98.4 cm³/mol. The van der Waals surface area contributed by atoms with Gasteiger partial charge in [0.15, 0.2) is 6.04 Å². The second-order valence-corrected chi connectivity index (χ2v) is 6.81. The lowest BCUT2D eigenvalue weighted by Gasteiger charge is -2.23. The highest BCUT2D eigenvalue weighted by Crippen LogP contribution is 2.22. The van der Waals surface area contributed by atoms with Crippen molar-refractivity contribution in [3.63, 3.8) is 0 Å². The lowest BCUT2D eigenvalue weighted by molar-refractivity contribution is -0.146. The molecular formula is C20H31NO4. The topological polar surface area (TPSA) is 64.6 Å². The molecule has 0 saturated carbocycles. The molecule has 0 aliphatic rings. The summed E-state index contributed by atoms with van der Waals surface area (Å²) in [5, 5.41) is 2.64. The molecule has 0 saturated heterocycles. The van der Waals surface area contributed by atoms with Crippen molar-refractivity contribution < 1.29 is 25.9 Å². The molecule has 1 aromatic rings. The predicted octanol–water partition coefficient (Wildman–Crippen LogP) is 3.88. The summed E-state index contributed by atoms with van der Waals surface area (Å²) in [7, 11) is 1.22. The number of esters is 1. The molecule has 0 heterocycles. The number of rotatable bonds is 8. The first-order valence-corrected chi connectivity index (χ1v) is 8.31. The summed E-state index contributed by atoms with van der Waals surface area (Å²) < 4.78 is 49.2. The minimum atomic E-state index is -2.51. The molecule has 1 amide bonds. The molecule has 0 radical (unpaired) electrons. The summed E-state index contributed by atoms with van der Waals surface area (Å²) >= 11 is 0. The van der Waals surface area contributed by atoms with Crippen LogP contribution in [0, 0.1) is 11.3 Å². The molecule has 2 atom stereocenters. The van der Waals surface area contributed by atoms with Crippen LogP contribution in [0.1, 0.15) is 65.8 Å². The van der Waals surface area contributed by atoms with E-state index >= 15 is 0 Å². The Morgan fingerprint density at radius 1 is 1.28 bits per heavy atom. The monoisotopic (exact) mass is 354 g/mol. The minimum Gasteiger partial charge on any atom is -0.493 e. The van der Waals surface area contributed by atoms with Crippen LogP contribution < -0.4 is 10.1 Å². The SMILES string of the molecule is [2H]C([2H])([2H])[C@@H](CCC)C([2H])([2H])Oc1ccc([C@@H](NC(=O)C(C)(C)C)C(=O)OC)cc1. The lowest BCUT2D eigenvalue weighted by atomic mass is 9.94. The van der Waals surface area contributed by atoms with Crippen molar-refractivity contribution in [3.8, 4) is 5.75 Å². The maximum Gasteiger partial charge on any atom is 0.333 e. The van der Waals surface area contributed by atoms with Gasteiger partial charge in [-0.3, -0.25) is 4.79 Å². The number of hydrogen-bond donors (Lipinski definition) is 1. The van der Waals surface area contributed by atoms with Crippen LogP contribution in [0.3, 0.4) is 0 Å². The molecule has 1 aromatic carbocycles. The highest BCUT2D eigenvalue weighted by molar-refractivity contribution is 5.88. The quantitative estimate of drug-likeness (QED) is 0.720. The van der Waals surface area contributed by atoms with Gasteiger partial charge in [-0.2, -0.15) is 0 Å². The van der Waals surface area contributed by atoms with Crippen LogP contribution in [0.15, 0.2) is 24.3 Å². The first-order chi connectivity index (χ1) is 13.6. The smallest absolute Gasteiger partial charge is 0.333 e. The van der Waals surface area contributed by atoms with Gasteiger partial charge in [0.1, 0.15) is 5.75 Å². The molecule has 0 spiro atoms. The van der Waals surface area contributed by atoms with Crippen LogP contribution in [-0.2, 0) is 14.3 Å². The van der Waals surface area contributed by atoms with Crippen LogP contribution in [0.4, 0.5) is 0 Å². The molecule has 140 valence electrons. The van der Waals surface area contributed by atoms with Gasteiger partial charge >= 0.3 is 5.97 Å². The van der Waals surface area contributed by atoms with E-state index in [1.54, 1.807) is 27.7 Å². The summed E-state index contributed by atoms with van der Waals surface area (Å²) in [6, 6.07) is 4.81. The molecule has 25 heavy (non-hydrogen) atoms. The van der Waals surface area contributed by atoms with Gasteiger partial charge in [-0.15, -0.1) is 0 Å². The van der Waals surface area contributed by atoms with E-state index < -0.39 is 36.8 Å². The van der Waals surface area contributed by atoms with Crippen LogP contribution in [0.25, 0.3) is 0 Å². The fourth-order valence-corrected chi connectivity index (χ4v) is 1.96. The van der Waals surface area contributed by atoms with Gasteiger partial charge in [0.05, 0.1) is 16.4 Å². The average Bonchev–Trinajstić information content (AvgIpc) is 2.62. The third kappa shape index (κ3) is 6.77. The minimum absolute atomic E-state index is 0.111. The molecule has 5 nitrogen and oxygen atoms in total. The standard InChI is InChI=1S/C20H31NO4/c1-7-8-14(2)13-25-16-11-9-15(10-12-16)17(18(22)24-6)21-19(23)20(3,4)5/h9-12,14,17H,7-8,13H2,1-6H3,(H,21,23)/t14-,17+/m0/s1/i2D3,13D2. The Morgan fingerprint density at radius 2 is 1.92 bits per heavy atom. The molecule has 0 bridgehead atoms. The van der Waals surface area contributed by atoms with Gasteiger partial charge in [0, 0.05) is 9.53 Å². The Kier molecular flexibility index (Phi) is 5.35. The number of carbonyl (C=O) groups excluding carboxylic acids is 2. The third-order valence-electron chi connectivity index (χ3n) is 3.50. The van der Waals surface area contributed by atoms with E-state index in [0.29, 0.717) is 12.0 Å². The Hall–Kier alpha value is -2.04. The zero-order chi connectivity index (χ0) is 23.3. The van der Waals surface area contributed by atoms with Crippen LogP contribution in [0.5, 0.6) is 5.75 Å². The Bertz CT molecular complexity index is 726. The molecule has 0 unspecified atom stereocenters. The molecule has 0 fully saturated rings. The molecule has 0 aliphatic carbocycles. The van der Waals surface area contributed by atoms with E-state index in [-0.39, 0.29) is 18.1 Å². The largest absolute Gasteiger partial charge is 0.493 e. The fourth-order valence-electron chi connectivity index (χ4n) is 1.96. The maximum atomic E-state index is 12.3. The molecule has 1 N–H and O–H groups in total. The molecule has 0 aromatic heterocycles. The number of methoxy groups -OCH3 is 1. The second kappa shape index (κ2) is 9.44. The van der Waals surface area contributed by atoms with Gasteiger partial charge in [-0.05, 0) is 30.0 Å². The molecule has 1 rings (SSSR count). The Morgan fingerprint density at radius 3 is 2.40 bits per heavy atom. The number of carbonyl (C=O) groups is 2. The summed E-state index contributed by atoms with van der Waals surface area (Å²) in [4.78, 5) is 24.5. The van der Waals surface area contributed by atoms with E-state index in [2.05, 4.69) is 5.32 Å². The second-order valence-electron chi connectivity index (χ2n) is 6.81. The van der Waals surface area contributed by atoms with Crippen LogP contribution >= 0.6 is 0 Å². The molecule has 5 heteroatoms. The number of hydrogen-bond acceptors (Lipinski definition) is 4. The van der Waals surface area contributed by atoms with Crippen LogP contribution in [-0.4, -0.2) is 25.5 Å². The highest BCUT2D eigenvalue weighted by Gasteiger charge is 2.29. The van der Waals surface area contributed by atoms with Crippen molar-refractivity contribution in [2.75, 3.05) is 13.7 Å². The van der Waals surface area contributed by atoms with Gasteiger partial charge in [0.2, 0.25) is 5.91 Å². The highest BCUT2D eigenvalue weighted by atomic mass is 16.5. The lowest BCUT2D eigenvalue weighted by Crippen LogP contribution is -2.40. The summed E-state index contributed by atoms with van der Waals surface area (Å²) in [6.07, 6.45) is 0.643. The van der Waals surface area contributed by atoms with Crippen molar-refractivity contribution >= 4 is 11.9 Å². The van der Waals surface area contributed by atoms with Crippen molar-refractivity contribution in [2.24, 2.45) is 11.3 Å². The first kappa shape index (κ1) is 14.2. The normalized spacial score (nSPS) is 17.7. The van der Waals surface area contributed by atoms with Gasteiger partial charge in [-0.1, -0.05) is 53.1 Å². The summed E-state index contributed by atoms with van der Waals surface area (Å²) in [6.45, 7) is 2.01. The third-order valence-corrected chi connectivity index (χ3v) is 3.50. The zero-order valence-electron chi connectivity index (χ0n) is 20.5. The Labute approximate surface area is 158 Å². The van der Waals surface area contributed by atoms with E-state index in [9.17, 15) is 9.59 Å². The van der Waals surface area contributed by atoms with Gasteiger partial charge in [0.25, 0.3) is 0 Å². The number of nitrogens with one attached hydrogen (secondary N) is 1. The Balaban J connectivity index is 3.09. The van der Waals surface area contributed by atoms with Crippen molar-refractivity contribution in [1.82, 2.24) is 5.32 Å². The van der Waals surface area contributed by atoms with Gasteiger partial charge < -0.3 is 14.8 Å². The van der Waals surface area contributed by atoms with E-state index in [4.69, 9.17) is 16.3 Å².